The molecule has 92 valence electrons. The Bertz CT molecular complexity index is 241. The zero-order valence-electron chi connectivity index (χ0n) is 9.12. The molecule has 3 amide bonds. The number of rotatable bonds is 5. The summed E-state index contributed by atoms with van der Waals surface area (Å²) in [6.45, 7) is 2.89. The van der Waals surface area contributed by atoms with Crippen LogP contribution in [0.1, 0.15) is 6.42 Å². The zero-order valence-corrected chi connectivity index (χ0v) is 9.12. The van der Waals surface area contributed by atoms with Crippen LogP contribution in [0.25, 0.3) is 0 Å². The molecule has 1 fully saturated rings. The smallest absolute Gasteiger partial charge is 0.312 e. The Morgan fingerprint density at radius 1 is 1.38 bits per heavy atom. The van der Waals surface area contributed by atoms with Gasteiger partial charge in [-0.15, -0.1) is 0 Å². The van der Waals surface area contributed by atoms with Crippen LogP contribution in [0.2, 0.25) is 0 Å². The molecule has 1 aliphatic heterocycles. The molecule has 0 aromatic heterocycles. The van der Waals surface area contributed by atoms with Crippen LogP contribution in [-0.2, 0) is 9.53 Å². The summed E-state index contributed by atoms with van der Waals surface area (Å²) < 4.78 is 5.38. The van der Waals surface area contributed by atoms with Gasteiger partial charge in [0, 0.05) is 26.2 Å². The van der Waals surface area contributed by atoms with Crippen LogP contribution in [0.3, 0.4) is 0 Å². The van der Waals surface area contributed by atoms with Gasteiger partial charge in [-0.25, -0.2) is 4.79 Å². The first-order valence-corrected chi connectivity index (χ1v) is 5.31. The second kappa shape index (κ2) is 7.02. The molecule has 0 aromatic carbocycles. The van der Waals surface area contributed by atoms with Crippen LogP contribution in [0.5, 0.6) is 0 Å². The van der Waals surface area contributed by atoms with E-state index in [4.69, 9.17) is 10.5 Å². The van der Waals surface area contributed by atoms with E-state index in [0.717, 1.165) is 6.54 Å². The minimum Gasteiger partial charge on any atom is -0.375 e. The molecule has 16 heavy (non-hydrogen) atoms. The van der Waals surface area contributed by atoms with Crippen LogP contribution >= 0.6 is 0 Å². The topological polar surface area (TPSA) is 105 Å². The SMILES string of the molecule is NC(=O)NCCNC(=O)CC1CNCCO1. The molecule has 0 aromatic rings. The normalized spacial score (nSPS) is 20.1. The third-order valence-electron chi connectivity index (χ3n) is 2.16. The average molecular weight is 230 g/mol. The molecule has 1 saturated heterocycles. The highest BCUT2D eigenvalue weighted by Gasteiger charge is 2.16. The van der Waals surface area contributed by atoms with Crippen molar-refractivity contribution in [1.82, 2.24) is 16.0 Å². The van der Waals surface area contributed by atoms with Crippen LogP contribution in [0.15, 0.2) is 0 Å². The Balaban J connectivity index is 2.03. The lowest BCUT2D eigenvalue weighted by Gasteiger charge is -2.23. The van der Waals surface area contributed by atoms with Crippen LogP contribution in [0.4, 0.5) is 4.79 Å². The van der Waals surface area contributed by atoms with Gasteiger partial charge in [0.2, 0.25) is 5.91 Å². The molecule has 0 spiro atoms. The lowest BCUT2D eigenvalue weighted by molar-refractivity contribution is -0.124. The van der Waals surface area contributed by atoms with Crippen molar-refractivity contribution in [2.24, 2.45) is 5.73 Å². The molecule has 1 atom stereocenters. The van der Waals surface area contributed by atoms with Gasteiger partial charge in [-0.2, -0.15) is 0 Å². The van der Waals surface area contributed by atoms with Gasteiger partial charge in [0.1, 0.15) is 0 Å². The average Bonchev–Trinajstić information content (AvgIpc) is 2.25. The molecule has 0 radical (unpaired) electrons. The van der Waals surface area contributed by atoms with Gasteiger partial charge in [-0.3, -0.25) is 4.79 Å². The summed E-state index contributed by atoms with van der Waals surface area (Å²) in [7, 11) is 0. The fraction of sp³-hybridized carbons (Fsp3) is 0.778. The number of hydrogen-bond donors (Lipinski definition) is 4. The van der Waals surface area contributed by atoms with Gasteiger partial charge in [-0.05, 0) is 0 Å². The predicted molar refractivity (Wildman–Crippen MR) is 57.8 cm³/mol. The zero-order chi connectivity index (χ0) is 11.8. The minimum atomic E-state index is -0.589. The third-order valence-corrected chi connectivity index (χ3v) is 2.16. The Morgan fingerprint density at radius 3 is 2.75 bits per heavy atom. The predicted octanol–water partition coefficient (Wildman–Crippen LogP) is -1.85. The molecule has 1 aliphatic rings. The Labute approximate surface area is 94.1 Å². The summed E-state index contributed by atoms with van der Waals surface area (Å²) in [4.78, 5) is 21.7. The molecule has 1 heterocycles. The van der Waals surface area contributed by atoms with Gasteiger partial charge in [0.25, 0.3) is 0 Å². The number of carbonyl (C=O) groups is 2. The number of urea groups is 1. The number of morpholine rings is 1. The van der Waals surface area contributed by atoms with Crippen molar-refractivity contribution >= 4 is 11.9 Å². The Morgan fingerprint density at radius 2 is 2.12 bits per heavy atom. The van der Waals surface area contributed by atoms with Crippen molar-refractivity contribution in [3.8, 4) is 0 Å². The second-order valence-corrected chi connectivity index (χ2v) is 3.54. The monoisotopic (exact) mass is 230 g/mol. The van der Waals surface area contributed by atoms with Crippen molar-refractivity contribution < 1.29 is 14.3 Å². The summed E-state index contributed by atoms with van der Waals surface area (Å²) in [6.07, 6.45) is 0.279. The number of hydrogen-bond acceptors (Lipinski definition) is 4. The molecule has 5 N–H and O–H groups in total. The minimum absolute atomic E-state index is 0.0575. The molecular formula is C9H18N4O3. The summed E-state index contributed by atoms with van der Waals surface area (Å²) in [6, 6.07) is -0.589. The summed E-state index contributed by atoms with van der Waals surface area (Å²) in [5, 5.41) is 8.20. The molecule has 1 rings (SSSR count). The van der Waals surface area contributed by atoms with E-state index >= 15 is 0 Å². The maximum Gasteiger partial charge on any atom is 0.312 e. The highest BCUT2D eigenvalue weighted by Crippen LogP contribution is 2.00. The van der Waals surface area contributed by atoms with E-state index in [1.807, 2.05) is 0 Å². The van der Waals surface area contributed by atoms with Crippen molar-refractivity contribution in [3.05, 3.63) is 0 Å². The van der Waals surface area contributed by atoms with Gasteiger partial charge < -0.3 is 26.4 Å². The summed E-state index contributed by atoms with van der Waals surface area (Å²) in [5.74, 6) is -0.0834. The Hall–Kier alpha value is -1.34. The van der Waals surface area contributed by atoms with E-state index < -0.39 is 6.03 Å². The van der Waals surface area contributed by atoms with Crippen LogP contribution < -0.4 is 21.7 Å². The third kappa shape index (κ3) is 5.52. The molecule has 0 aliphatic carbocycles. The highest BCUT2D eigenvalue weighted by atomic mass is 16.5. The number of amides is 3. The van der Waals surface area contributed by atoms with Gasteiger partial charge in [-0.1, -0.05) is 0 Å². The van der Waals surface area contributed by atoms with E-state index in [0.29, 0.717) is 32.7 Å². The Kier molecular flexibility index (Phi) is 5.58. The van der Waals surface area contributed by atoms with Crippen molar-refractivity contribution in [2.45, 2.75) is 12.5 Å². The maximum absolute atomic E-state index is 11.4. The molecule has 7 heteroatoms. The number of ether oxygens (including phenoxy) is 1. The standard InChI is InChI=1S/C9H18N4O3/c10-9(15)13-2-1-12-8(14)5-7-6-11-3-4-16-7/h7,11H,1-6H2,(H,12,14)(H3,10,13,15). The van der Waals surface area contributed by atoms with Gasteiger partial charge in [0.05, 0.1) is 19.1 Å². The first kappa shape index (κ1) is 12.7. The fourth-order valence-corrected chi connectivity index (χ4v) is 1.42. The van der Waals surface area contributed by atoms with Crippen LogP contribution in [-0.4, -0.2) is 50.8 Å². The maximum atomic E-state index is 11.4. The van der Waals surface area contributed by atoms with E-state index in [2.05, 4.69) is 16.0 Å². The molecule has 7 nitrogen and oxygen atoms in total. The number of primary amides is 1. The summed E-state index contributed by atoms with van der Waals surface area (Å²) >= 11 is 0. The van der Waals surface area contributed by atoms with E-state index in [9.17, 15) is 9.59 Å². The fourth-order valence-electron chi connectivity index (χ4n) is 1.42. The summed E-state index contributed by atoms with van der Waals surface area (Å²) in [5.41, 5.74) is 4.87. The van der Waals surface area contributed by atoms with Crippen LogP contribution in [0, 0.1) is 0 Å². The van der Waals surface area contributed by atoms with Gasteiger partial charge in [0.15, 0.2) is 0 Å². The first-order chi connectivity index (χ1) is 7.68. The van der Waals surface area contributed by atoms with E-state index in [1.165, 1.54) is 0 Å². The molecular weight excluding hydrogens is 212 g/mol. The highest BCUT2D eigenvalue weighted by molar-refractivity contribution is 5.76. The lowest BCUT2D eigenvalue weighted by atomic mass is 10.2. The second-order valence-electron chi connectivity index (χ2n) is 3.54. The van der Waals surface area contributed by atoms with Gasteiger partial charge >= 0.3 is 6.03 Å². The quantitative estimate of drug-likeness (QED) is 0.416. The lowest BCUT2D eigenvalue weighted by Crippen LogP contribution is -2.42. The number of nitrogens with one attached hydrogen (secondary N) is 3. The first-order valence-electron chi connectivity index (χ1n) is 5.31. The van der Waals surface area contributed by atoms with Crippen molar-refractivity contribution in [2.75, 3.05) is 32.8 Å². The van der Waals surface area contributed by atoms with E-state index in [1.54, 1.807) is 0 Å². The molecule has 1 unspecified atom stereocenters. The largest absolute Gasteiger partial charge is 0.375 e. The number of carbonyl (C=O) groups excluding carboxylic acids is 2. The molecule has 0 bridgehead atoms. The van der Waals surface area contributed by atoms with E-state index in [-0.39, 0.29) is 12.0 Å². The van der Waals surface area contributed by atoms with Crippen molar-refractivity contribution in [3.63, 3.8) is 0 Å². The molecule has 0 saturated carbocycles. The number of nitrogens with two attached hydrogens (primary N) is 1. The van der Waals surface area contributed by atoms with Crippen molar-refractivity contribution in [1.29, 1.82) is 0 Å².